The van der Waals surface area contributed by atoms with Crippen LogP contribution >= 0.6 is 11.6 Å². The van der Waals surface area contributed by atoms with Crippen molar-refractivity contribution in [1.82, 2.24) is 15.6 Å². The van der Waals surface area contributed by atoms with Crippen LogP contribution in [0.15, 0.2) is 18.2 Å². The van der Waals surface area contributed by atoms with Crippen LogP contribution in [0, 0.1) is 0 Å². The fraction of sp³-hybridized carbons (Fsp3) is 0.455. The highest BCUT2D eigenvalue weighted by atomic mass is 35.5. The molecule has 1 aromatic rings. The van der Waals surface area contributed by atoms with Crippen molar-refractivity contribution >= 4 is 17.5 Å². The molecule has 0 radical (unpaired) electrons. The third kappa shape index (κ3) is 4.59. The highest BCUT2D eigenvalue weighted by molar-refractivity contribution is 6.29. The van der Waals surface area contributed by atoms with Gasteiger partial charge in [0.2, 0.25) is 0 Å². The van der Waals surface area contributed by atoms with Gasteiger partial charge >= 0.3 is 0 Å². The molecule has 1 aromatic heterocycles. The van der Waals surface area contributed by atoms with Crippen LogP contribution in [0.5, 0.6) is 0 Å². The zero-order chi connectivity index (χ0) is 12.0. The second-order valence-electron chi connectivity index (χ2n) is 3.71. The molecule has 0 saturated carbocycles. The average Bonchev–Trinajstić information content (AvgIpc) is 2.24. The summed E-state index contributed by atoms with van der Waals surface area (Å²) < 4.78 is 0. The molecule has 0 aromatic carbocycles. The summed E-state index contributed by atoms with van der Waals surface area (Å²) in [6.45, 7) is 5.43. The van der Waals surface area contributed by atoms with Gasteiger partial charge in [0, 0.05) is 19.1 Å². The first-order valence-electron chi connectivity index (χ1n) is 5.23. The van der Waals surface area contributed by atoms with Crippen LogP contribution in [0.3, 0.4) is 0 Å². The summed E-state index contributed by atoms with van der Waals surface area (Å²) in [5, 5.41) is 6.29. The number of hydrogen-bond donors (Lipinski definition) is 2. The number of hydrogen-bond acceptors (Lipinski definition) is 3. The number of amides is 1. The van der Waals surface area contributed by atoms with Crippen molar-refractivity contribution in [3.63, 3.8) is 0 Å². The van der Waals surface area contributed by atoms with E-state index in [9.17, 15) is 4.79 Å². The van der Waals surface area contributed by atoms with Crippen molar-refractivity contribution < 1.29 is 4.79 Å². The summed E-state index contributed by atoms with van der Waals surface area (Å²) >= 11 is 5.69. The molecule has 0 aliphatic rings. The zero-order valence-corrected chi connectivity index (χ0v) is 10.2. The lowest BCUT2D eigenvalue weighted by molar-refractivity contribution is 0.0948. The van der Waals surface area contributed by atoms with E-state index in [4.69, 9.17) is 11.6 Å². The van der Waals surface area contributed by atoms with Crippen LogP contribution in [0.4, 0.5) is 0 Å². The van der Waals surface area contributed by atoms with Crippen molar-refractivity contribution in [2.45, 2.75) is 19.9 Å². The van der Waals surface area contributed by atoms with Crippen LogP contribution in [-0.4, -0.2) is 30.0 Å². The van der Waals surface area contributed by atoms with Gasteiger partial charge in [0.25, 0.3) is 5.91 Å². The van der Waals surface area contributed by atoms with E-state index in [1.807, 2.05) is 0 Å². The molecule has 88 valence electrons. The number of aromatic nitrogens is 1. The van der Waals surface area contributed by atoms with E-state index < -0.39 is 0 Å². The summed E-state index contributed by atoms with van der Waals surface area (Å²) in [5.41, 5.74) is 0.344. The Morgan fingerprint density at radius 2 is 2.19 bits per heavy atom. The number of nitrogens with zero attached hydrogens (tertiary/aromatic N) is 1. The van der Waals surface area contributed by atoms with Crippen molar-refractivity contribution in [2.24, 2.45) is 0 Å². The quantitative estimate of drug-likeness (QED) is 0.606. The Kier molecular flexibility index (Phi) is 5.22. The predicted octanol–water partition coefficient (Wildman–Crippen LogP) is 1.46. The number of pyridine rings is 1. The Labute approximate surface area is 100 Å². The summed E-state index contributed by atoms with van der Waals surface area (Å²) in [6, 6.07) is 5.40. The number of carbonyl (C=O) groups excluding carboxylic acids is 1. The Bertz CT molecular complexity index is 355. The topological polar surface area (TPSA) is 54.0 Å². The lowest BCUT2D eigenvalue weighted by Crippen LogP contribution is -2.34. The minimum absolute atomic E-state index is 0.201. The Morgan fingerprint density at radius 3 is 2.81 bits per heavy atom. The van der Waals surface area contributed by atoms with Gasteiger partial charge in [0.1, 0.15) is 10.8 Å². The van der Waals surface area contributed by atoms with E-state index in [2.05, 4.69) is 29.5 Å². The van der Waals surface area contributed by atoms with E-state index in [0.29, 0.717) is 23.4 Å². The summed E-state index contributed by atoms with van der Waals surface area (Å²) in [7, 11) is 0. The fourth-order valence-electron chi connectivity index (χ4n) is 1.16. The van der Waals surface area contributed by atoms with Crippen LogP contribution in [0.25, 0.3) is 0 Å². The summed E-state index contributed by atoms with van der Waals surface area (Å²) in [4.78, 5) is 15.5. The third-order valence-corrected chi connectivity index (χ3v) is 2.12. The Hall–Kier alpha value is -1.13. The standard InChI is InChI=1S/C11H16ClN3O/c1-8(2)13-6-7-14-11(16)9-4-3-5-10(12)15-9/h3-5,8,13H,6-7H2,1-2H3,(H,14,16). The maximum atomic E-state index is 11.6. The molecule has 0 aliphatic carbocycles. The van der Waals surface area contributed by atoms with Gasteiger partial charge in [-0.2, -0.15) is 0 Å². The molecule has 1 heterocycles. The molecule has 0 saturated heterocycles. The lowest BCUT2D eigenvalue weighted by Gasteiger charge is -2.08. The minimum Gasteiger partial charge on any atom is -0.349 e. The Balaban J connectivity index is 2.35. The van der Waals surface area contributed by atoms with Crippen molar-refractivity contribution in [3.05, 3.63) is 29.0 Å². The van der Waals surface area contributed by atoms with Crippen LogP contribution in [-0.2, 0) is 0 Å². The zero-order valence-electron chi connectivity index (χ0n) is 9.46. The van der Waals surface area contributed by atoms with Crippen molar-refractivity contribution in [3.8, 4) is 0 Å². The molecule has 0 aliphatic heterocycles. The molecular formula is C11H16ClN3O. The van der Waals surface area contributed by atoms with E-state index in [1.165, 1.54) is 0 Å². The van der Waals surface area contributed by atoms with E-state index in [1.54, 1.807) is 18.2 Å². The second-order valence-corrected chi connectivity index (χ2v) is 4.10. The van der Waals surface area contributed by atoms with Crippen molar-refractivity contribution in [2.75, 3.05) is 13.1 Å². The van der Waals surface area contributed by atoms with E-state index in [0.717, 1.165) is 6.54 Å². The number of carbonyl (C=O) groups is 1. The molecule has 4 nitrogen and oxygen atoms in total. The minimum atomic E-state index is -0.201. The molecule has 16 heavy (non-hydrogen) atoms. The van der Waals surface area contributed by atoms with Crippen LogP contribution in [0.2, 0.25) is 5.15 Å². The number of nitrogens with one attached hydrogen (secondary N) is 2. The van der Waals surface area contributed by atoms with Gasteiger partial charge in [-0.1, -0.05) is 31.5 Å². The smallest absolute Gasteiger partial charge is 0.269 e. The molecule has 2 N–H and O–H groups in total. The molecular weight excluding hydrogens is 226 g/mol. The van der Waals surface area contributed by atoms with Gasteiger partial charge in [-0.05, 0) is 12.1 Å². The van der Waals surface area contributed by atoms with Crippen molar-refractivity contribution in [1.29, 1.82) is 0 Å². The predicted molar refractivity (Wildman–Crippen MR) is 64.7 cm³/mol. The SMILES string of the molecule is CC(C)NCCNC(=O)c1cccc(Cl)n1. The lowest BCUT2D eigenvalue weighted by atomic mass is 10.3. The largest absolute Gasteiger partial charge is 0.349 e. The molecule has 5 heteroatoms. The van der Waals surface area contributed by atoms with Gasteiger partial charge in [0.15, 0.2) is 0 Å². The number of halogens is 1. The molecule has 0 unspecified atom stereocenters. The first-order valence-corrected chi connectivity index (χ1v) is 5.61. The second kappa shape index (κ2) is 6.45. The summed E-state index contributed by atoms with van der Waals surface area (Å²) in [6.07, 6.45) is 0. The van der Waals surface area contributed by atoms with E-state index in [-0.39, 0.29) is 5.91 Å². The molecule has 1 rings (SSSR count). The van der Waals surface area contributed by atoms with Gasteiger partial charge < -0.3 is 10.6 Å². The monoisotopic (exact) mass is 241 g/mol. The summed E-state index contributed by atoms with van der Waals surface area (Å²) in [5.74, 6) is -0.201. The molecule has 0 atom stereocenters. The van der Waals surface area contributed by atoms with Crippen LogP contribution in [0.1, 0.15) is 24.3 Å². The fourth-order valence-corrected chi connectivity index (χ4v) is 1.33. The highest BCUT2D eigenvalue weighted by Crippen LogP contribution is 2.04. The molecule has 0 bridgehead atoms. The maximum absolute atomic E-state index is 11.6. The first kappa shape index (κ1) is 12.9. The third-order valence-electron chi connectivity index (χ3n) is 1.91. The average molecular weight is 242 g/mol. The van der Waals surface area contributed by atoms with Crippen LogP contribution < -0.4 is 10.6 Å². The first-order chi connectivity index (χ1) is 7.59. The normalized spacial score (nSPS) is 10.5. The number of rotatable bonds is 5. The maximum Gasteiger partial charge on any atom is 0.269 e. The Morgan fingerprint density at radius 1 is 1.44 bits per heavy atom. The molecule has 1 amide bonds. The van der Waals surface area contributed by atoms with E-state index >= 15 is 0 Å². The van der Waals surface area contributed by atoms with Gasteiger partial charge in [-0.3, -0.25) is 4.79 Å². The van der Waals surface area contributed by atoms with Gasteiger partial charge in [-0.15, -0.1) is 0 Å². The highest BCUT2D eigenvalue weighted by Gasteiger charge is 2.06. The van der Waals surface area contributed by atoms with Gasteiger partial charge in [0.05, 0.1) is 0 Å². The molecule has 0 spiro atoms. The van der Waals surface area contributed by atoms with Gasteiger partial charge in [-0.25, -0.2) is 4.98 Å². The molecule has 0 fully saturated rings.